The first kappa shape index (κ1) is 36.5. The predicted octanol–water partition coefficient (Wildman–Crippen LogP) is 7.14. The third kappa shape index (κ3) is 32.4. The SMILES string of the molecule is CCCCCCCCCCCCNCCNCCCCCCCCCCCC.N#CC(C#N)C(N)=O. The van der Waals surface area contributed by atoms with Gasteiger partial charge in [-0.3, -0.25) is 4.79 Å². The Hall–Kier alpha value is -1.63. The highest BCUT2D eigenvalue weighted by molar-refractivity contribution is 5.81. The number of nitrogens with two attached hydrogens (primary N) is 1. The van der Waals surface area contributed by atoms with Gasteiger partial charge in [-0.2, -0.15) is 10.5 Å². The van der Waals surface area contributed by atoms with Gasteiger partial charge in [-0.05, 0) is 25.9 Å². The zero-order chi connectivity index (χ0) is 27.0. The van der Waals surface area contributed by atoms with Crippen LogP contribution in [0.1, 0.15) is 142 Å². The molecule has 0 aliphatic rings. The van der Waals surface area contributed by atoms with Gasteiger partial charge in [0.1, 0.15) is 0 Å². The van der Waals surface area contributed by atoms with Gasteiger partial charge in [0.15, 0.2) is 0 Å². The largest absolute Gasteiger partial charge is 0.368 e. The third-order valence-electron chi connectivity index (χ3n) is 6.44. The highest BCUT2D eigenvalue weighted by Crippen LogP contribution is 2.11. The van der Waals surface area contributed by atoms with Crippen molar-refractivity contribution in [1.29, 1.82) is 10.5 Å². The van der Waals surface area contributed by atoms with Crippen molar-refractivity contribution in [2.45, 2.75) is 142 Å². The lowest BCUT2D eigenvalue weighted by atomic mass is 10.1. The maximum absolute atomic E-state index is 9.94. The molecule has 210 valence electrons. The first-order chi connectivity index (χ1) is 17.6. The van der Waals surface area contributed by atoms with E-state index in [1.165, 1.54) is 154 Å². The number of nitriles is 2. The summed E-state index contributed by atoms with van der Waals surface area (Å²) in [6.07, 6.45) is 28.6. The summed E-state index contributed by atoms with van der Waals surface area (Å²) in [5.74, 6) is -2.19. The van der Waals surface area contributed by atoms with Gasteiger partial charge in [0.05, 0.1) is 12.1 Å². The van der Waals surface area contributed by atoms with Crippen molar-refractivity contribution in [2.75, 3.05) is 26.2 Å². The number of carbonyl (C=O) groups excluding carboxylic acids is 1. The smallest absolute Gasteiger partial charge is 0.249 e. The van der Waals surface area contributed by atoms with Crippen molar-refractivity contribution in [3.05, 3.63) is 0 Å². The molecule has 0 fully saturated rings. The Labute approximate surface area is 224 Å². The van der Waals surface area contributed by atoms with E-state index in [1.807, 2.05) is 0 Å². The molecule has 0 bridgehead atoms. The van der Waals surface area contributed by atoms with E-state index in [2.05, 4.69) is 30.2 Å². The Morgan fingerprint density at radius 2 is 0.833 bits per heavy atom. The molecule has 0 saturated carbocycles. The Morgan fingerprint density at radius 3 is 1.06 bits per heavy atom. The van der Waals surface area contributed by atoms with Gasteiger partial charge in [-0.1, -0.05) is 129 Å². The van der Waals surface area contributed by atoms with E-state index in [1.54, 1.807) is 0 Å². The number of nitrogens with zero attached hydrogens (tertiary/aromatic N) is 2. The second kappa shape index (κ2) is 33.4. The summed E-state index contributed by atoms with van der Waals surface area (Å²) in [7, 11) is 0. The van der Waals surface area contributed by atoms with Crippen molar-refractivity contribution in [2.24, 2.45) is 11.7 Å². The van der Waals surface area contributed by atoms with E-state index >= 15 is 0 Å². The predicted molar refractivity (Wildman–Crippen MR) is 153 cm³/mol. The number of amides is 1. The van der Waals surface area contributed by atoms with Crippen LogP contribution in [0.5, 0.6) is 0 Å². The van der Waals surface area contributed by atoms with Crippen molar-refractivity contribution < 1.29 is 4.79 Å². The molecule has 0 aromatic carbocycles. The minimum absolute atomic E-state index is 0.894. The Morgan fingerprint density at radius 1 is 0.556 bits per heavy atom. The van der Waals surface area contributed by atoms with Crippen LogP contribution in [-0.4, -0.2) is 32.1 Å². The highest BCUT2D eigenvalue weighted by atomic mass is 16.1. The number of nitrogens with one attached hydrogen (secondary N) is 2. The number of carbonyl (C=O) groups is 1. The number of hydrogen-bond donors (Lipinski definition) is 3. The molecule has 0 aliphatic carbocycles. The van der Waals surface area contributed by atoms with Crippen LogP contribution in [0.4, 0.5) is 0 Å². The quantitative estimate of drug-likeness (QED) is 0.108. The van der Waals surface area contributed by atoms with E-state index < -0.39 is 11.8 Å². The van der Waals surface area contributed by atoms with Crippen LogP contribution in [0, 0.1) is 28.6 Å². The molecule has 6 heteroatoms. The van der Waals surface area contributed by atoms with Gasteiger partial charge in [0.25, 0.3) is 0 Å². The zero-order valence-electron chi connectivity index (χ0n) is 23.9. The normalized spacial score (nSPS) is 10.5. The second-order valence-electron chi connectivity index (χ2n) is 9.96. The molecule has 0 heterocycles. The monoisotopic (exact) mass is 505 g/mol. The molecule has 0 radical (unpaired) electrons. The van der Waals surface area contributed by atoms with E-state index in [4.69, 9.17) is 10.5 Å². The molecule has 0 unspecified atom stereocenters. The fourth-order valence-electron chi connectivity index (χ4n) is 4.06. The van der Waals surface area contributed by atoms with Gasteiger partial charge in [0, 0.05) is 13.1 Å². The first-order valence-corrected chi connectivity index (χ1v) is 15.1. The molecule has 6 nitrogen and oxygen atoms in total. The topological polar surface area (TPSA) is 115 Å². The minimum Gasteiger partial charge on any atom is -0.368 e. The summed E-state index contributed by atoms with van der Waals surface area (Å²) in [5, 5.41) is 23.0. The zero-order valence-corrected chi connectivity index (χ0v) is 23.9. The Kier molecular flexibility index (Phi) is 33.9. The molecule has 0 saturated heterocycles. The number of hydrogen-bond acceptors (Lipinski definition) is 5. The van der Waals surface area contributed by atoms with E-state index in [0.717, 1.165) is 13.1 Å². The first-order valence-electron chi connectivity index (χ1n) is 15.1. The molecule has 0 rings (SSSR count). The van der Waals surface area contributed by atoms with Crippen molar-refractivity contribution in [3.8, 4) is 12.1 Å². The van der Waals surface area contributed by atoms with E-state index in [-0.39, 0.29) is 0 Å². The lowest BCUT2D eigenvalue weighted by molar-refractivity contribution is -0.118. The lowest BCUT2D eigenvalue weighted by Crippen LogP contribution is -2.28. The molecule has 1 amide bonds. The molecular weight excluding hydrogens is 446 g/mol. The Bertz CT molecular complexity index is 486. The maximum atomic E-state index is 9.94. The van der Waals surface area contributed by atoms with Crippen LogP contribution < -0.4 is 16.4 Å². The molecule has 0 aliphatic heterocycles. The number of unbranched alkanes of at least 4 members (excludes halogenated alkanes) is 18. The second-order valence-corrected chi connectivity index (χ2v) is 9.96. The number of rotatable bonds is 26. The van der Waals surface area contributed by atoms with E-state index in [0.29, 0.717) is 0 Å². The molecule has 0 atom stereocenters. The highest BCUT2D eigenvalue weighted by Gasteiger charge is 2.10. The molecule has 0 aromatic heterocycles. The summed E-state index contributed by atoms with van der Waals surface area (Å²) < 4.78 is 0. The van der Waals surface area contributed by atoms with Crippen LogP contribution in [0.3, 0.4) is 0 Å². The van der Waals surface area contributed by atoms with Gasteiger partial charge < -0.3 is 16.4 Å². The fraction of sp³-hybridized carbons (Fsp3) is 0.900. The van der Waals surface area contributed by atoms with Gasteiger partial charge in [0.2, 0.25) is 11.8 Å². The van der Waals surface area contributed by atoms with Crippen molar-refractivity contribution in [1.82, 2.24) is 10.6 Å². The summed E-state index contributed by atoms with van der Waals surface area (Å²) in [6, 6.07) is 2.83. The van der Waals surface area contributed by atoms with Gasteiger partial charge in [-0.25, -0.2) is 0 Å². The number of primary amides is 1. The van der Waals surface area contributed by atoms with Gasteiger partial charge >= 0.3 is 0 Å². The van der Waals surface area contributed by atoms with Crippen LogP contribution in [0.25, 0.3) is 0 Å². The summed E-state index contributed by atoms with van der Waals surface area (Å²) in [4.78, 5) is 9.94. The molecule has 4 N–H and O–H groups in total. The standard InChI is InChI=1S/C26H56N2.C4H3N3O/c1-3-5-7-9-11-13-15-17-19-21-23-27-25-26-28-24-22-20-18-16-14-12-10-8-6-4-2;5-1-3(2-6)4(7)8/h27-28H,3-26H2,1-2H3;3H,(H2,7,8). The third-order valence-corrected chi connectivity index (χ3v) is 6.44. The maximum Gasteiger partial charge on any atom is 0.249 e. The Balaban J connectivity index is 0. The van der Waals surface area contributed by atoms with Gasteiger partial charge in [-0.15, -0.1) is 0 Å². The summed E-state index contributed by atoms with van der Waals surface area (Å²) in [5.41, 5.74) is 4.57. The van der Waals surface area contributed by atoms with Crippen LogP contribution >= 0.6 is 0 Å². The fourth-order valence-corrected chi connectivity index (χ4v) is 4.06. The molecule has 36 heavy (non-hydrogen) atoms. The van der Waals surface area contributed by atoms with E-state index in [9.17, 15) is 4.79 Å². The summed E-state index contributed by atoms with van der Waals surface area (Å²) >= 11 is 0. The summed E-state index contributed by atoms with van der Waals surface area (Å²) in [6.45, 7) is 9.27. The molecular formula is C30H59N5O. The molecule has 0 aromatic rings. The van der Waals surface area contributed by atoms with Crippen LogP contribution in [-0.2, 0) is 4.79 Å². The van der Waals surface area contributed by atoms with Crippen molar-refractivity contribution in [3.63, 3.8) is 0 Å². The van der Waals surface area contributed by atoms with Crippen LogP contribution in [0.2, 0.25) is 0 Å². The molecule has 0 spiro atoms. The minimum atomic E-state index is -1.30. The lowest BCUT2D eigenvalue weighted by Gasteiger charge is -2.07. The average Bonchev–Trinajstić information content (AvgIpc) is 2.87. The van der Waals surface area contributed by atoms with Crippen LogP contribution in [0.15, 0.2) is 0 Å². The average molecular weight is 506 g/mol. The van der Waals surface area contributed by atoms with Crippen molar-refractivity contribution >= 4 is 5.91 Å².